The highest BCUT2D eigenvalue weighted by Gasteiger charge is 2.38. The lowest BCUT2D eigenvalue weighted by atomic mass is 9.64. The van der Waals surface area contributed by atoms with Crippen LogP contribution in [0.25, 0.3) is 0 Å². The first kappa shape index (κ1) is 20.9. The molecule has 3 N–H and O–H groups in total. The van der Waals surface area contributed by atoms with E-state index in [4.69, 9.17) is 0 Å². The molecule has 154 valence electrons. The molecule has 0 aliphatic heterocycles. The second kappa shape index (κ2) is 9.59. The van der Waals surface area contributed by atoms with Gasteiger partial charge in [-0.1, -0.05) is 62.7 Å². The van der Waals surface area contributed by atoms with Crippen molar-refractivity contribution in [2.24, 2.45) is 10.9 Å². The summed E-state index contributed by atoms with van der Waals surface area (Å²) in [6.45, 7) is 5.34. The fourth-order valence-corrected chi connectivity index (χ4v) is 3.61. The van der Waals surface area contributed by atoms with Crippen molar-refractivity contribution in [3.05, 3.63) is 65.7 Å². The van der Waals surface area contributed by atoms with E-state index in [1.54, 1.807) is 7.05 Å². The summed E-state index contributed by atoms with van der Waals surface area (Å²) in [5.74, 6) is 0.814. The van der Waals surface area contributed by atoms with E-state index in [1.807, 2.05) is 38.1 Å². The zero-order chi connectivity index (χ0) is 20.7. The van der Waals surface area contributed by atoms with Gasteiger partial charge in [0.25, 0.3) is 0 Å². The van der Waals surface area contributed by atoms with Crippen LogP contribution in [0.15, 0.2) is 59.6 Å². The van der Waals surface area contributed by atoms with E-state index in [0.29, 0.717) is 6.54 Å². The fourth-order valence-electron chi connectivity index (χ4n) is 3.61. The van der Waals surface area contributed by atoms with E-state index in [0.717, 1.165) is 23.8 Å². The Morgan fingerprint density at radius 3 is 2.28 bits per heavy atom. The number of amides is 1. The highest BCUT2D eigenvalue weighted by Crippen LogP contribution is 2.43. The summed E-state index contributed by atoms with van der Waals surface area (Å²) in [5.41, 5.74) is 3.59. The smallest absolute Gasteiger partial charge is 0.226 e. The molecule has 1 amide bonds. The second-order valence-electron chi connectivity index (χ2n) is 8.12. The maximum atomic E-state index is 11.8. The van der Waals surface area contributed by atoms with Gasteiger partial charge in [-0.3, -0.25) is 9.79 Å². The fraction of sp³-hybridized carbons (Fsp3) is 0.417. The molecule has 29 heavy (non-hydrogen) atoms. The molecule has 0 spiro atoms. The number of hydrogen-bond acceptors (Lipinski definition) is 2. The maximum absolute atomic E-state index is 11.8. The van der Waals surface area contributed by atoms with Crippen LogP contribution in [0.3, 0.4) is 0 Å². The number of aliphatic imine (C=N–C) groups is 1. The molecule has 0 heterocycles. The molecule has 2 aromatic carbocycles. The Morgan fingerprint density at radius 1 is 1.03 bits per heavy atom. The summed E-state index contributed by atoms with van der Waals surface area (Å²) in [5, 5.41) is 9.82. The number of carbonyl (C=O) groups excluding carboxylic acids is 1. The average Bonchev–Trinajstić information content (AvgIpc) is 2.71. The lowest BCUT2D eigenvalue weighted by molar-refractivity contribution is -0.118. The Bertz CT molecular complexity index is 824. The summed E-state index contributed by atoms with van der Waals surface area (Å²) in [7, 11) is 1.80. The van der Waals surface area contributed by atoms with Crippen molar-refractivity contribution in [2.75, 3.05) is 18.9 Å². The van der Waals surface area contributed by atoms with Crippen LogP contribution < -0.4 is 16.0 Å². The predicted octanol–water partition coefficient (Wildman–Crippen LogP) is 4.07. The van der Waals surface area contributed by atoms with Gasteiger partial charge in [-0.25, -0.2) is 0 Å². The number of benzene rings is 2. The summed E-state index contributed by atoms with van der Waals surface area (Å²) in [4.78, 5) is 16.2. The monoisotopic (exact) mass is 392 g/mol. The van der Waals surface area contributed by atoms with Gasteiger partial charge in [-0.05, 0) is 36.1 Å². The van der Waals surface area contributed by atoms with Crippen LogP contribution >= 0.6 is 0 Å². The molecule has 0 saturated heterocycles. The Balaban J connectivity index is 1.51. The molecule has 0 atom stereocenters. The molecule has 0 aromatic heterocycles. The largest absolute Gasteiger partial charge is 0.356 e. The highest BCUT2D eigenvalue weighted by atomic mass is 16.1. The van der Waals surface area contributed by atoms with Crippen molar-refractivity contribution < 1.29 is 4.79 Å². The summed E-state index contributed by atoms with van der Waals surface area (Å²) >= 11 is 0. The van der Waals surface area contributed by atoms with Gasteiger partial charge < -0.3 is 16.0 Å². The maximum Gasteiger partial charge on any atom is 0.226 e. The van der Waals surface area contributed by atoms with E-state index >= 15 is 0 Å². The molecular formula is C24H32N4O. The first-order valence-corrected chi connectivity index (χ1v) is 10.4. The van der Waals surface area contributed by atoms with Crippen LogP contribution in [0.5, 0.6) is 0 Å². The van der Waals surface area contributed by atoms with E-state index in [-0.39, 0.29) is 17.2 Å². The van der Waals surface area contributed by atoms with Crippen LogP contribution in [0, 0.1) is 5.92 Å². The number of anilines is 1. The Morgan fingerprint density at radius 2 is 1.72 bits per heavy atom. The SMILES string of the molecule is CN=C(NCc1ccc(NC(=O)C(C)C)cc1)NCC1(c2ccccc2)CCC1. The van der Waals surface area contributed by atoms with Gasteiger partial charge in [-0.2, -0.15) is 0 Å². The third-order valence-corrected chi connectivity index (χ3v) is 5.72. The van der Waals surface area contributed by atoms with Gasteiger partial charge in [0.2, 0.25) is 5.91 Å². The first-order valence-electron chi connectivity index (χ1n) is 10.4. The number of carbonyl (C=O) groups is 1. The Kier molecular flexibility index (Phi) is 6.91. The minimum Gasteiger partial charge on any atom is -0.356 e. The van der Waals surface area contributed by atoms with Crippen molar-refractivity contribution in [1.82, 2.24) is 10.6 Å². The van der Waals surface area contributed by atoms with Crippen molar-refractivity contribution in [1.29, 1.82) is 0 Å². The minimum absolute atomic E-state index is 0.0272. The molecule has 5 heteroatoms. The second-order valence-corrected chi connectivity index (χ2v) is 8.12. The standard InChI is InChI=1S/C24H32N4O/c1-18(2)22(29)28-21-12-10-19(11-13-21)16-26-23(25-3)27-17-24(14-7-15-24)20-8-5-4-6-9-20/h4-6,8-13,18H,7,14-17H2,1-3H3,(H,28,29)(H2,25,26,27). The van der Waals surface area contributed by atoms with Crippen molar-refractivity contribution in [3.63, 3.8) is 0 Å². The minimum atomic E-state index is -0.0272. The van der Waals surface area contributed by atoms with Gasteiger partial charge in [0.1, 0.15) is 0 Å². The lowest BCUT2D eigenvalue weighted by Gasteiger charge is -2.43. The van der Waals surface area contributed by atoms with Crippen LogP contribution in [0.2, 0.25) is 0 Å². The molecular weight excluding hydrogens is 360 g/mol. The lowest BCUT2D eigenvalue weighted by Crippen LogP contribution is -2.48. The summed E-state index contributed by atoms with van der Waals surface area (Å²) in [6.07, 6.45) is 3.71. The third-order valence-electron chi connectivity index (χ3n) is 5.72. The van der Waals surface area contributed by atoms with Crippen molar-refractivity contribution in [2.45, 2.75) is 45.1 Å². The molecule has 0 radical (unpaired) electrons. The zero-order valence-electron chi connectivity index (χ0n) is 17.7. The molecule has 1 saturated carbocycles. The van der Waals surface area contributed by atoms with Crippen LogP contribution in [0.4, 0.5) is 5.69 Å². The number of guanidine groups is 1. The van der Waals surface area contributed by atoms with Gasteiger partial charge in [0.15, 0.2) is 5.96 Å². The topological polar surface area (TPSA) is 65.5 Å². The predicted molar refractivity (Wildman–Crippen MR) is 120 cm³/mol. The number of hydrogen-bond donors (Lipinski definition) is 3. The van der Waals surface area contributed by atoms with Gasteiger partial charge in [0.05, 0.1) is 0 Å². The molecule has 1 aliphatic rings. The van der Waals surface area contributed by atoms with Crippen LogP contribution in [0.1, 0.15) is 44.2 Å². The molecule has 0 bridgehead atoms. The molecule has 1 fully saturated rings. The third kappa shape index (κ3) is 5.37. The highest BCUT2D eigenvalue weighted by molar-refractivity contribution is 5.92. The van der Waals surface area contributed by atoms with Crippen molar-refractivity contribution in [3.8, 4) is 0 Å². The molecule has 2 aromatic rings. The Labute approximate surface area is 174 Å². The van der Waals surface area contributed by atoms with Crippen LogP contribution in [-0.4, -0.2) is 25.5 Å². The number of nitrogens with zero attached hydrogens (tertiary/aromatic N) is 1. The average molecular weight is 393 g/mol. The van der Waals surface area contributed by atoms with Gasteiger partial charge in [0, 0.05) is 37.2 Å². The van der Waals surface area contributed by atoms with E-state index in [1.165, 1.54) is 24.8 Å². The van der Waals surface area contributed by atoms with Crippen LogP contribution in [-0.2, 0) is 16.8 Å². The normalized spacial score (nSPS) is 15.5. The van der Waals surface area contributed by atoms with E-state index in [2.05, 4.69) is 51.3 Å². The first-order chi connectivity index (χ1) is 14.0. The molecule has 1 aliphatic carbocycles. The quantitative estimate of drug-likeness (QED) is 0.492. The molecule has 5 nitrogen and oxygen atoms in total. The van der Waals surface area contributed by atoms with Gasteiger partial charge in [-0.15, -0.1) is 0 Å². The number of rotatable bonds is 7. The summed E-state index contributed by atoms with van der Waals surface area (Å²) in [6, 6.07) is 18.7. The molecule has 3 rings (SSSR count). The summed E-state index contributed by atoms with van der Waals surface area (Å²) < 4.78 is 0. The molecule has 0 unspecified atom stereocenters. The van der Waals surface area contributed by atoms with Crippen molar-refractivity contribution >= 4 is 17.6 Å². The zero-order valence-corrected chi connectivity index (χ0v) is 17.7. The number of nitrogens with one attached hydrogen (secondary N) is 3. The van der Waals surface area contributed by atoms with E-state index in [9.17, 15) is 4.79 Å². The van der Waals surface area contributed by atoms with E-state index < -0.39 is 0 Å². The Hall–Kier alpha value is -2.82. The van der Waals surface area contributed by atoms with Gasteiger partial charge >= 0.3 is 0 Å².